The minimum Gasteiger partial charge on any atom is -0.344 e. The summed E-state index contributed by atoms with van der Waals surface area (Å²) in [7, 11) is -4.00. The van der Waals surface area contributed by atoms with Crippen molar-refractivity contribution < 1.29 is 26.4 Å². The highest BCUT2D eigenvalue weighted by molar-refractivity contribution is 7.89. The van der Waals surface area contributed by atoms with Gasteiger partial charge in [0.2, 0.25) is 15.9 Å². The van der Waals surface area contributed by atoms with Crippen molar-refractivity contribution in [2.75, 3.05) is 6.54 Å². The summed E-state index contributed by atoms with van der Waals surface area (Å²) in [5.41, 5.74) is -0.676. The van der Waals surface area contributed by atoms with Gasteiger partial charge in [0.1, 0.15) is 6.04 Å². The van der Waals surface area contributed by atoms with Gasteiger partial charge >= 0.3 is 6.18 Å². The van der Waals surface area contributed by atoms with E-state index in [1.165, 1.54) is 36.4 Å². The molecule has 0 fully saturated rings. The molecule has 0 saturated carbocycles. The van der Waals surface area contributed by atoms with E-state index in [1.54, 1.807) is 13.8 Å². The van der Waals surface area contributed by atoms with E-state index in [4.69, 9.17) is 11.6 Å². The van der Waals surface area contributed by atoms with Crippen LogP contribution in [-0.4, -0.2) is 26.9 Å². The molecule has 166 valence electrons. The number of carbonyl (C=O) groups is 1. The minimum absolute atomic E-state index is 0.0808. The van der Waals surface area contributed by atoms with Crippen LogP contribution in [0.15, 0.2) is 53.4 Å². The summed E-state index contributed by atoms with van der Waals surface area (Å²) in [4.78, 5) is 12.4. The highest BCUT2D eigenvalue weighted by Gasteiger charge is 2.30. The van der Waals surface area contributed by atoms with Crippen LogP contribution in [0.4, 0.5) is 13.2 Å². The van der Waals surface area contributed by atoms with Crippen LogP contribution in [0, 0.1) is 17.8 Å². The molecule has 0 radical (unpaired) electrons. The van der Waals surface area contributed by atoms with Crippen molar-refractivity contribution >= 4 is 27.5 Å². The van der Waals surface area contributed by atoms with Gasteiger partial charge in [-0.15, -0.1) is 0 Å². The SMILES string of the molecule is CC(C)[C@H](NS(=O)(=O)c1cccc(Cl)c1)C(=O)NCC#Cc1cccc(C(F)(F)F)c1. The Labute approximate surface area is 184 Å². The monoisotopic (exact) mass is 472 g/mol. The number of benzene rings is 2. The quantitative estimate of drug-likeness (QED) is 0.627. The van der Waals surface area contributed by atoms with Crippen molar-refractivity contribution in [3.8, 4) is 11.8 Å². The fourth-order valence-corrected chi connectivity index (χ4v) is 4.17. The standard InChI is InChI=1S/C21H20ClF3N2O3S/c1-14(2)19(27-31(29,30)18-10-4-9-17(22)13-18)20(28)26-11-5-7-15-6-3-8-16(12-15)21(23,24)25/h3-4,6,8-10,12-14,19,27H,11H2,1-2H3,(H,26,28)/t19-/m0/s1. The van der Waals surface area contributed by atoms with E-state index < -0.39 is 33.7 Å². The van der Waals surface area contributed by atoms with Crippen LogP contribution in [0.5, 0.6) is 0 Å². The van der Waals surface area contributed by atoms with Crippen LogP contribution in [0.25, 0.3) is 0 Å². The first-order valence-corrected chi connectivity index (χ1v) is 11.0. The number of amides is 1. The van der Waals surface area contributed by atoms with Crippen LogP contribution in [0.3, 0.4) is 0 Å². The van der Waals surface area contributed by atoms with Crippen molar-refractivity contribution in [1.82, 2.24) is 10.0 Å². The van der Waals surface area contributed by atoms with Gasteiger partial charge in [0, 0.05) is 10.6 Å². The third-order valence-corrected chi connectivity index (χ3v) is 5.79. The first-order valence-electron chi connectivity index (χ1n) is 9.12. The number of carbonyl (C=O) groups excluding carboxylic acids is 1. The summed E-state index contributed by atoms with van der Waals surface area (Å²) >= 11 is 5.83. The number of sulfonamides is 1. The second-order valence-corrected chi connectivity index (χ2v) is 9.05. The van der Waals surface area contributed by atoms with Gasteiger partial charge in [-0.3, -0.25) is 4.79 Å². The minimum atomic E-state index is -4.48. The van der Waals surface area contributed by atoms with E-state index in [1.807, 2.05) is 0 Å². The zero-order valence-corrected chi connectivity index (χ0v) is 18.2. The molecule has 1 atom stereocenters. The Morgan fingerprint density at radius 3 is 2.42 bits per heavy atom. The van der Waals surface area contributed by atoms with Crippen molar-refractivity contribution in [3.05, 3.63) is 64.7 Å². The van der Waals surface area contributed by atoms with Crippen LogP contribution >= 0.6 is 11.6 Å². The highest BCUT2D eigenvalue weighted by atomic mass is 35.5. The normalized spacial score (nSPS) is 12.7. The largest absolute Gasteiger partial charge is 0.416 e. The third-order valence-electron chi connectivity index (χ3n) is 4.11. The van der Waals surface area contributed by atoms with Gasteiger partial charge in [-0.2, -0.15) is 17.9 Å². The Morgan fingerprint density at radius 1 is 1.13 bits per heavy atom. The average Bonchev–Trinajstić information content (AvgIpc) is 2.68. The van der Waals surface area contributed by atoms with E-state index in [9.17, 15) is 26.4 Å². The predicted molar refractivity (Wildman–Crippen MR) is 112 cm³/mol. The maximum atomic E-state index is 12.7. The van der Waals surface area contributed by atoms with Gasteiger partial charge in [-0.1, -0.05) is 49.4 Å². The molecule has 31 heavy (non-hydrogen) atoms. The number of hydrogen-bond acceptors (Lipinski definition) is 3. The molecule has 2 aromatic carbocycles. The summed E-state index contributed by atoms with van der Waals surface area (Å²) in [6.45, 7) is 3.16. The maximum Gasteiger partial charge on any atom is 0.416 e. The molecule has 2 rings (SSSR count). The first kappa shape index (κ1) is 24.7. The zero-order chi connectivity index (χ0) is 23.2. The average molecular weight is 473 g/mol. The molecular weight excluding hydrogens is 453 g/mol. The van der Waals surface area contributed by atoms with E-state index in [-0.39, 0.29) is 27.9 Å². The molecule has 0 heterocycles. The van der Waals surface area contributed by atoms with Crippen LogP contribution < -0.4 is 10.0 Å². The molecule has 2 N–H and O–H groups in total. The zero-order valence-electron chi connectivity index (χ0n) is 16.6. The van der Waals surface area contributed by atoms with Crippen molar-refractivity contribution in [3.63, 3.8) is 0 Å². The van der Waals surface area contributed by atoms with Gasteiger partial charge in [0.25, 0.3) is 0 Å². The van der Waals surface area contributed by atoms with E-state index in [0.717, 1.165) is 12.1 Å². The smallest absolute Gasteiger partial charge is 0.344 e. The van der Waals surface area contributed by atoms with E-state index in [2.05, 4.69) is 21.9 Å². The summed E-state index contributed by atoms with van der Waals surface area (Å²) < 4.78 is 65.7. The number of halogens is 4. The molecule has 10 heteroatoms. The Balaban J connectivity index is 2.05. The van der Waals surface area contributed by atoms with Crippen LogP contribution in [0.1, 0.15) is 25.0 Å². The second-order valence-electron chi connectivity index (χ2n) is 6.90. The predicted octanol–water partition coefficient (Wildman–Crippen LogP) is 3.83. The lowest BCUT2D eigenvalue weighted by Gasteiger charge is -2.21. The highest BCUT2D eigenvalue weighted by Crippen LogP contribution is 2.29. The van der Waals surface area contributed by atoms with E-state index >= 15 is 0 Å². The fourth-order valence-electron chi connectivity index (χ4n) is 2.52. The molecule has 0 aromatic heterocycles. The Hall–Kier alpha value is -2.54. The van der Waals surface area contributed by atoms with Gasteiger partial charge in [-0.25, -0.2) is 8.42 Å². The Kier molecular flexibility index (Phi) is 8.12. The van der Waals surface area contributed by atoms with Gasteiger partial charge in [0.15, 0.2) is 0 Å². The lowest BCUT2D eigenvalue weighted by molar-refractivity contribution is -0.137. The second kappa shape index (κ2) is 10.2. The number of alkyl halides is 3. The molecule has 1 amide bonds. The molecule has 0 aliphatic heterocycles. The molecule has 0 bridgehead atoms. The molecule has 0 saturated heterocycles. The molecular formula is C21H20ClF3N2O3S. The topological polar surface area (TPSA) is 75.3 Å². The number of nitrogens with one attached hydrogen (secondary N) is 2. The number of hydrogen-bond donors (Lipinski definition) is 2. The Morgan fingerprint density at radius 2 is 1.81 bits per heavy atom. The summed E-state index contributed by atoms with van der Waals surface area (Å²) in [5.74, 6) is 4.11. The maximum absolute atomic E-state index is 12.7. The fraction of sp³-hybridized carbons (Fsp3) is 0.286. The molecule has 0 aliphatic carbocycles. The molecule has 0 aliphatic rings. The lowest BCUT2D eigenvalue weighted by Crippen LogP contribution is -2.49. The van der Waals surface area contributed by atoms with Crippen LogP contribution in [0.2, 0.25) is 5.02 Å². The lowest BCUT2D eigenvalue weighted by atomic mass is 10.1. The van der Waals surface area contributed by atoms with Gasteiger partial charge in [0.05, 0.1) is 17.0 Å². The third kappa shape index (κ3) is 7.28. The number of rotatable bonds is 6. The molecule has 0 spiro atoms. The molecule has 2 aromatic rings. The van der Waals surface area contributed by atoms with Crippen molar-refractivity contribution in [1.29, 1.82) is 0 Å². The van der Waals surface area contributed by atoms with Crippen LogP contribution in [-0.2, 0) is 21.0 Å². The van der Waals surface area contributed by atoms with Gasteiger partial charge in [-0.05, 0) is 42.3 Å². The summed E-state index contributed by atoms with van der Waals surface area (Å²) in [5, 5.41) is 2.71. The molecule has 5 nitrogen and oxygen atoms in total. The Bertz CT molecular complexity index is 1110. The van der Waals surface area contributed by atoms with Crippen molar-refractivity contribution in [2.45, 2.75) is 31.0 Å². The first-order chi connectivity index (χ1) is 14.4. The van der Waals surface area contributed by atoms with Gasteiger partial charge < -0.3 is 5.32 Å². The summed E-state index contributed by atoms with van der Waals surface area (Å²) in [6.07, 6.45) is -4.48. The van der Waals surface area contributed by atoms with Crippen molar-refractivity contribution in [2.24, 2.45) is 5.92 Å². The van der Waals surface area contributed by atoms with E-state index in [0.29, 0.717) is 0 Å². The summed E-state index contributed by atoms with van der Waals surface area (Å²) in [6, 6.07) is 9.03. The molecule has 0 unspecified atom stereocenters.